The third kappa shape index (κ3) is 5.59. The Hall–Kier alpha value is -5.17. The molecule has 2 bridgehead atoms. The second kappa shape index (κ2) is 12.3. The van der Waals surface area contributed by atoms with E-state index >= 15 is 0 Å². The van der Waals surface area contributed by atoms with Crippen LogP contribution in [0.25, 0.3) is 22.3 Å². The van der Waals surface area contributed by atoms with E-state index in [-0.39, 0.29) is 29.9 Å². The zero-order valence-corrected chi connectivity index (χ0v) is 27.6. The van der Waals surface area contributed by atoms with E-state index in [1.54, 1.807) is 18.2 Å². The molecule has 6 heterocycles. The van der Waals surface area contributed by atoms with Crippen LogP contribution < -0.4 is 15.5 Å². The molecule has 0 spiro atoms. The van der Waals surface area contributed by atoms with Gasteiger partial charge in [0, 0.05) is 49.2 Å². The quantitative estimate of drug-likeness (QED) is 0.196. The zero-order chi connectivity index (χ0) is 33.9. The zero-order valence-electron chi connectivity index (χ0n) is 27.6. The number of aromatic nitrogens is 4. The number of benzene rings is 2. The van der Waals surface area contributed by atoms with E-state index in [9.17, 15) is 19.2 Å². The number of nitrogens with zero attached hydrogens (tertiary/aromatic N) is 6. The molecule has 0 radical (unpaired) electrons. The molecular formula is C37H38N8O5. The molecule has 4 aliphatic heterocycles. The van der Waals surface area contributed by atoms with Crippen molar-refractivity contribution in [2.24, 2.45) is 5.92 Å². The van der Waals surface area contributed by atoms with Crippen molar-refractivity contribution in [3.8, 4) is 11.3 Å². The lowest BCUT2D eigenvalue weighted by atomic mass is 9.77. The number of amides is 4. The van der Waals surface area contributed by atoms with Gasteiger partial charge in [-0.1, -0.05) is 0 Å². The molecule has 4 amide bonds. The third-order valence-corrected chi connectivity index (χ3v) is 11.0. The molecule has 4 aromatic rings. The average Bonchev–Trinajstić information content (AvgIpc) is 3.79. The monoisotopic (exact) mass is 674 g/mol. The van der Waals surface area contributed by atoms with Crippen LogP contribution in [-0.4, -0.2) is 86.2 Å². The van der Waals surface area contributed by atoms with Crippen molar-refractivity contribution in [3.05, 3.63) is 66.1 Å². The van der Waals surface area contributed by atoms with Crippen molar-refractivity contribution < 1.29 is 23.9 Å². The van der Waals surface area contributed by atoms with E-state index in [4.69, 9.17) is 14.7 Å². The molecule has 13 heteroatoms. The maximum Gasteiger partial charge on any atom is 0.262 e. The van der Waals surface area contributed by atoms with Gasteiger partial charge in [-0.2, -0.15) is 5.10 Å². The topological polar surface area (TPSA) is 152 Å². The highest BCUT2D eigenvalue weighted by Gasteiger charge is 2.44. The standard InChI is InChI=1S/C37H38N8O5/c46-34-10-9-33(35(47)42-34)45-36(48)28-7-3-23(14-29(28)37(45)49)38-11-1-2-21-12-25(13-21)44-18-22(16-40-44)32-17-39-30-8-4-24(15-31(30)41-32)43-19-26-5-6-27(20-43)50-26/h3-4,7-8,14-18,21,25-27,33,38H,1-2,5-6,9-13,19-20H2,(H,42,46,47)/t21-,25+,26?,27?,33?. The van der Waals surface area contributed by atoms with Gasteiger partial charge in [0.2, 0.25) is 11.8 Å². The summed E-state index contributed by atoms with van der Waals surface area (Å²) in [5.41, 5.74) is 6.06. The number of hydrogen-bond acceptors (Lipinski definition) is 10. The summed E-state index contributed by atoms with van der Waals surface area (Å²) in [4.78, 5) is 63.0. The number of rotatable bonds is 9. The second-order valence-electron chi connectivity index (χ2n) is 14.3. The number of imide groups is 2. The molecule has 13 nitrogen and oxygen atoms in total. The maximum atomic E-state index is 13.1. The number of ether oxygens (including phenoxy) is 1. The van der Waals surface area contributed by atoms with Gasteiger partial charge in [0.1, 0.15) is 6.04 Å². The summed E-state index contributed by atoms with van der Waals surface area (Å²) in [7, 11) is 0. The van der Waals surface area contributed by atoms with E-state index in [1.165, 1.54) is 5.69 Å². The highest BCUT2D eigenvalue weighted by atomic mass is 16.5. The molecule has 256 valence electrons. The molecule has 3 unspecified atom stereocenters. The SMILES string of the molecule is O=C1CCC(N2C(=O)c3ccc(NCCC[C@H]4C[C@@H](n5cc(-c6cnc7ccc(N8CC9CCC(C8)O9)cc7n6)cn5)C4)cc3C2=O)C(=O)N1. The Balaban J connectivity index is 0.762. The Morgan fingerprint density at radius 3 is 2.54 bits per heavy atom. The van der Waals surface area contributed by atoms with E-state index < -0.39 is 23.8 Å². The fourth-order valence-corrected chi connectivity index (χ4v) is 8.19. The average molecular weight is 675 g/mol. The minimum Gasteiger partial charge on any atom is -0.385 e. The van der Waals surface area contributed by atoms with Crippen molar-refractivity contribution in [1.29, 1.82) is 0 Å². The smallest absolute Gasteiger partial charge is 0.262 e. The van der Waals surface area contributed by atoms with E-state index in [0.717, 1.165) is 91.0 Å². The first-order valence-electron chi connectivity index (χ1n) is 17.7. The van der Waals surface area contributed by atoms with Crippen molar-refractivity contribution >= 4 is 46.0 Å². The fraction of sp³-hybridized carbons (Fsp3) is 0.432. The van der Waals surface area contributed by atoms with Gasteiger partial charge < -0.3 is 15.0 Å². The molecule has 9 rings (SSSR count). The van der Waals surface area contributed by atoms with Crippen LogP contribution in [0.2, 0.25) is 0 Å². The first-order chi connectivity index (χ1) is 24.4. The Morgan fingerprint density at radius 2 is 1.72 bits per heavy atom. The Bertz CT molecular complexity index is 2030. The first kappa shape index (κ1) is 30.9. The van der Waals surface area contributed by atoms with E-state index in [0.29, 0.717) is 24.2 Å². The van der Waals surface area contributed by atoms with Crippen LogP contribution in [0.5, 0.6) is 0 Å². The summed E-state index contributed by atoms with van der Waals surface area (Å²) < 4.78 is 8.09. The predicted octanol–water partition coefficient (Wildman–Crippen LogP) is 4.11. The van der Waals surface area contributed by atoms with Crippen LogP contribution in [0, 0.1) is 5.92 Å². The summed E-state index contributed by atoms with van der Waals surface area (Å²) in [6.07, 6.45) is 13.2. The molecule has 2 aromatic carbocycles. The number of piperidine rings is 1. The molecular weight excluding hydrogens is 636 g/mol. The summed E-state index contributed by atoms with van der Waals surface area (Å²) in [5, 5.41) is 10.3. The van der Waals surface area contributed by atoms with Crippen molar-refractivity contribution in [3.63, 3.8) is 0 Å². The number of nitrogens with one attached hydrogen (secondary N) is 2. The van der Waals surface area contributed by atoms with Gasteiger partial charge in [-0.15, -0.1) is 0 Å². The molecule has 4 fully saturated rings. The minimum absolute atomic E-state index is 0.0966. The first-order valence-corrected chi connectivity index (χ1v) is 17.7. The minimum atomic E-state index is -0.965. The maximum absolute atomic E-state index is 13.1. The molecule has 3 saturated heterocycles. The molecule has 1 aliphatic carbocycles. The molecule has 50 heavy (non-hydrogen) atoms. The van der Waals surface area contributed by atoms with Crippen LogP contribution in [0.1, 0.15) is 78.1 Å². The summed E-state index contributed by atoms with van der Waals surface area (Å²) in [6.45, 7) is 2.59. The number of carbonyl (C=O) groups is 4. The van der Waals surface area contributed by atoms with Crippen LogP contribution in [0.15, 0.2) is 55.0 Å². The highest BCUT2D eigenvalue weighted by molar-refractivity contribution is 6.23. The van der Waals surface area contributed by atoms with Crippen molar-refractivity contribution in [2.75, 3.05) is 29.9 Å². The summed E-state index contributed by atoms with van der Waals surface area (Å²) in [5.74, 6) is -1.37. The largest absolute Gasteiger partial charge is 0.385 e. The lowest BCUT2D eigenvalue weighted by Crippen LogP contribution is -2.54. The molecule has 1 saturated carbocycles. The predicted molar refractivity (Wildman–Crippen MR) is 183 cm³/mol. The number of morpholine rings is 1. The lowest BCUT2D eigenvalue weighted by molar-refractivity contribution is -0.136. The molecule has 5 aliphatic rings. The number of hydrogen-bond donors (Lipinski definition) is 2. The van der Waals surface area contributed by atoms with Gasteiger partial charge in [0.05, 0.1) is 58.5 Å². The van der Waals surface area contributed by atoms with Gasteiger partial charge in [-0.05, 0) is 87.3 Å². The molecule has 2 N–H and O–H groups in total. The molecule has 3 atom stereocenters. The van der Waals surface area contributed by atoms with Gasteiger partial charge >= 0.3 is 0 Å². The molecule has 2 aromatic heterocycles. The normalized spacial score (nSPS) is 26.0. The second-order valence-corrected chi connectivity index (χ2v) is 14.3. The van der Waals surface area contributed by atoms with Gasteiger partial charge in [0.25, 0.3) is 11.8 Å². The van der Waals surface area contributed by atoms with E-state index in [2.05, 4.69) is 49.7 Å². The summed E-state index contributed by atoms with van der Waals surface area (Å²) in [6, 6.07) is 10.9. The number of anilines is 2. The van der Waals surface area contributed by atoms with Gasteiger partial charge in [-0.25, -0.2) is 4.98 Å². The van der Waals surface area contributed by atoms with Crippen LogP contribution in [0.3, 0.4) is 0 Å². The number of carbonyl (C=O) groups excluding carboxylic acids is 4. The van der Waals surface area contributed by atoms with Crippen molar-refractivity contribution in [2.45, 2.75) is 75.7 Å². The summed E-state index contributed by atoms with van der Waals surface area (Å²) >= 11 is 0. The lowest BCUT2D eigenvalue weighted by Gasteiger charge is -2.35. The van der Waals surface area contributed by atoms with Crippen molar-refractivity contribution in [1.82, 2.24) is 30.0 Å². The number of fused-ring (bicyclic) bond motifs is 4. The van der Waals surface area contributed by atoms with E-state index in [1.807, 2.05) is 12.4 Å². The van der Waals surface area contributed by atoms with Gasteiger partial charge in [-0.3, -0.25) is 39.1 Å². The highest BCUT2D eigenvalue weighted by Crippen LogP contribution is 2.41. The fourth-order valence-electron chi connectivity index (χ4n) is 8.19. The third-order valence-electron chi connectivity index (χ3n) is 11.0. The Morgan fingerprint density at radius 1 is 0.900 bits per heavy atom. The van der Waals surface area contributed by atoms with Crippen LogP contribution in [-0.2, 0) is 14.3 Å². The van der Waals surface area contributed by atoms with Gasteiger partial charge in [0.15, 0.2) is 0 Å². The Kier molecular flexibility index (Phi) is 7.59. The Labute approximate surface area is 288 Å². The van der Waals surface area contributed by atoms with Crippen LogP contribution >= 0.6 is 0 Å². The van der Waals surface area contributed by atoms with Crippen LogP contribution in [0.4, 0.5) is 11.4 Å².